The zero-order valence-corrected chi connectivity index (χ0v) is 19.6. The Morgan fingerprint density at radius 2 is 2.00 bits per heavy atom. The van der Waals surface area contributed by atoms with Gasteiger partial charge in [-0.05, 0) is 56.7 Å². The lowest BCUT2D eigenvalue weighted by Gasteiger charge is -2.27. The molecule has 0 aromatic carbocycles. The smallest absolute Gasteiger partial charge is 0.262 e. The summed E-state index contributed by atoms with van der Waals surface area (Å²) < 4.78 is 0. The van der Waals surface area contributed by atoms with Gasteiger partial charge in [0.2, 0.25) is 5.91 Å². The van der Waals surface area contributed by atoms with E-state index in [0.29, 0.717) is 16.4 Å². The van der Waals surface area contributed by atoms with Gasteiger partial charge in [0.05, 0.1) is 27.4 Å². The highest BCUT2D eigenvalue weighted by molar-refractivity contribution is 7.14. The number of hydrogen-bond acceptors (Lipinski definition) is 6. The fourth-order valence-corrected chi connectivity index (χ4v) is 5.08. The molecule has 2 amide bonds. The van der Waals surface area contributed by atoms with Crippen LogP contribution in [0.15, 0.2) is 24.4 Å². The Hall–Kier alpha value is -2.16. The monoisotopic (exact) mass is 476 g/mol. The van der Waals surface area contributed by atoms with Crippen LogP contribution in [0.2, 0.25) is 5.02 Å². The molecule has 1 unspecified atom stereocenters. The molecule has 2 saturated carbocycles. The fraction of sp³-hybridized carbons (Fsp3) is 0.522. The van der Waals surface area contributed by atoms with E-state index < -0.39 is 12.1 Å². The quantitative estimate of drug-likeness (QED) is 0.442. The van der Waals surface area contributed by atoms with Gasteiger partial charge in [0.15, 0.2) is 0 Å². The molecule has 0 aliphatic heterocycles. The summed E-state index contributed by atoms with van der Waals surface area (Å²) in [6, 6.07) is 4.68. The van der Waals surface area contributed by atoms with E-state index in [0.717, 1.165) is 54.8 Å². The third-order valence-corrected chi connectivity index (χ3v) is 7.40. The first-order chi connectivity index (χ1) is 15.4. The molecular weight excluding hydrogens is 448 g/mol. The van der Waals surface area contributed by atoms with E-state index in [9.17, 15) is 14.7 Å². The number of thiophene rings is 1. The molecule has 0 bridgehead atoms. The number of carbonyl (C=O) groups is 2. The Morgan fingerprint density at radius 3 is 2.72 bits per heavy atom. The van der Waals surface area contributed by atoms with Crippen molar-refractivity contribution in [2.24, 2.45) is 5.92 Å². The third-order valence-electron chi connectivity index (χ3n) is 6.11. The third kappa shape index (κ3) is 5.79. The zero-order chi connectivity index (χ0) is 22.7. The number of aliphatic hydroxyl groups is 1. The van der Waals surface area contributed by atoms with Gasteiger partial charge < -0.3 is 21.1 Å². The molecule has 4 N–H and O–H groups in total. The number of aromatic nitrogens is 1. The first kappa shape index (κ1) is 23.0. The number of hydrogen-bond donors (Lipinski definition) is 4. The van der Waals surface area contributed by atoms with E-state index >= 15 is 0 Å². The van der Waals surface area contributed by atoms with Crippen LogP contribution in [0.4, 0.5) is 5.69 Å². The van der Waals surface area contributed by atoms with Crippen molar-refractivity contribution in [3.05, 3.63) is 44.9 Å². The standard InChI is InChI=1S/C23H29ClN4O3S/c1-13-18(10-15(24)11-25-13)26-12-17-8-9-19(32-17)22(30)28-20(23(31)27-16-6-7-16)21(29)14-4-2-3-5-14/h8-11,14,16,20-21,26,29H,2-7,12H2,1H3,(H,27,31)(H,28,30)/t20-,21?/m0/s1. The molecule has 9 heteroatoms. The van der Waals surface area contributed by atoms with Crippen molar-refractivity contribution < 1.29 is 14.7 Å². The van der Waals surface area contributed by atoms with E-state index in [1.807, 2.05) is 19.1 Å². The number of rotatable bonds is 9. The molecule has 2 atom stereocenters. The lowest BCUT2D eigenvalue weighted by molar-refractivity contribution is -0.126. The maximum atomic E-state index is 12.9. The van der Waals surface area contributed by atoms with E-state index in [1.165, 1.54) is 11.3 Å². The average Bonchev–Trinajstić information content (AvgIpc) is 3.23. The molecule has 2 heterocycles. The van der Waals surface area contributed by atoms with E-state index in [2.05, 4.69) is 20.9 Å². The van der Waals surface area contributed by atoms with Crippen molar-refractivity contribution in [3.8, 4) is 0 Å². The van der Waals surface area contributed by atoms with Crippen LogP contribution >= 0.6 is 22.9 Å². The Morgan fingerprint density at radius 1 is 1.25 bits per heavy atom. The van der Waals surface area contributed by atoms with Crippen LogP contribution in [0.1, 0.15) is 58.8 Å². The highest BCUT2D eigenvalue weighted by atomic mass is 35.5. The van der Waals surface area contributed by atoms with E-state index in [4.69, 9.17) is 11.6 Å². The number of nitrogens with zero attached hydrogens (tertiary/aromatic N) is 1. The lowest BCUT2D eigenvalue weighted by Crippen LogP contribution is -2.55. The minimum atomic E-state index is -0.935. The molecule has 2 aromatic rings. The molecule has 0 saturated heterocycles. The first-order valence-electron chi connectivity index (χ1n) is 11.1. The number of nitrogens with one attached hydrogen (secondary N) is 3. The number of aliphatic hydroxyl groups excluding tert-OH is 1. The second-order valence-corrected chi connectivity index (χ2v) is 10.3. The van der Waals surface area contributed by atoms with Crippen molar-refractivity contribution in [2.45, 2.75) is 70.2 Å². The summed E-state index contributed by atoms with van der Waals surface area (Å²) in [4.78, 5) is 31.4. The van der Waals surface area contributed by atoms with E-state index in [1.54, 1.807) is 12.3 Å². The summed E-state index contributed by atoms with van der Waals surface area (Å²) in [6.45, 7) is 2.42. The number of anilines is 1. The average molecular weight is 477 g/mol. The van der Waals surface area contributed by atoms with Crippen molar-refractivity contribution in [1.29, 1.82) is 0 Å². The number of carbonyl (C=O) groups excluding carboxylic acids is 2. The van der Waals surface area contributed by atoms with Crippen LogP contribution in [0, 0.1) is 12.8 Å². The summed E-state index contributed by atoms with van der Waals surface area (Å²) in [5.41, 5.74) is 1.68. The number of halogens is 1. The normalized spacial score (nSPS) is 18.2. The minimum absolute atomic E-state index is 0.0443. The molecule has 4 rings (SSSR count). The first-order valence-corrected chi connectivity index (χ1v) is 12.3. The summed E-state index contributed by atoms with van der Waals surface area (Å²) in [6.07, 6.45) is 6.51. The summed E-state index contributed by atoms with van der Waals surface area (Å²) in [7, 11) is 0. The van der Waals surface area contributed by atoms with Gasteiger partial charge in [-0.1, -0.05) is 24.4 Å². The van der Waals surface area contributed by atoms with Crippen LogP contribution < -0.4 is 16.0 Å². The van der Waals surface area contributed by atoms with Crippen LogP contribution in [-0.4, -0.2) is 40.1 Å². The molecule has 2 aliphatic rings. The van der Waals surface area contributed by atoms with Crippen LogP contribution in [0.3, 0.4) is 0 Å². The van der Waals surface area contributed by atoms with Gasteiger partial charge in [-0.2, -0.15) is 0 Å². The maximum Gasteiger partial charge on any atom is 0.262 e. The molecule has 2 aliphatic carbocycles. The maximum absolute atomic E-state index is 12.9. The van der Waals surface area contributed by atoms with Gasteiger partial charge in [0.1, 0.15) is 6.04 Å². The van der Waals surface area contributed by atoms with Crippen molar-refractivity contribution in [2.75, 3.05) is 5.32 Å². The Labute approximate surface area is 197 Å². The van der Waals surface area contributed by atoms with Gasteiger partial charge in [0, 0.05) is 23.7 Å². The van der Waals surface area contributed by atoms with E-state index in [-0.39, 0.29) is 23.8 Å². The Kier molecular flexibility index (Phi) is 7.33. The highest BCUT2D eigenvalue weighted by Crippen LogP contribution is 2.30. The van der Waals surface area contributed by atoms with Crippen molar-refractivity contribution >= 4 is 40.4 Å². The van der Waals surface area contributed by atoms with Crippen molar-refractivity contribution in [3.63, 3.8) is 0 Å². The van der Waals surface area contributed by atoms with Gasteiger partial charge in [-0.25, -0.2) is 0 Å². The summed E-state index contributed by atoms with van der Waals surface area (Å²) in [5.74, 6) is -0.583. The van der Waals surface area contributed by atoms with Gasteiger partial charge >= 0.3 is 0 Å². The number of pyridine rings is 1. The predicted molar refractivity (Wildman–Crippen MR) is 126 cm³/mol. The predicted octanol–water partition coefficient (Wildman–Crippen LogP) is 3.65. The molecule has 0 radical (unpaired) electrons. The highest BCUT2D eigenvalue weighted by Gasteiger charge is 2.37. The number of aryl methyl sites for hydroxylation is 1. The SMILES string of the molecule is Cc1ncc(Cl)cc1NCc1ccc(C(=O)N[C@H](C(=O)NC2CC2)C(O)C2CCCC2)s1. The van der Waals surface area contributed by atoms with Crippen molar-refractivity contribution in [1.82, 2.24) is 15.6 Å². The summed E-state index contributed by atoms with van der Waals surface area (Å²) in [5, 5.41) is 20.5. The largest absolute Gasteiger partial charge is 0.390 e. The van der Waals surface area contributed by atoms with Gasteiger partial charge in [0.25, 0.3) is 5.91 Å². The topological polar surface area (TPSA) is 103 Å². The molecular formula is C23H29ClN4O3S. The lowest BCUT2D eigenvalue weighted by atomic mass is 9.94. The molecule has 0 spiro atoms. The second kappa shape index (κ2) is 10.2. The molecule has 172 valence electrons. The molecule has 7 nitrogen and oxygen atoms in total. The fourth-order valence-electron chi connectivity index (χ4n) is 4.07. The van der Waals surface area contributed by atoms with Gasteiger partial charge in [-0.15, -0.1) is 11.3 Å². The Balaban J connectivity index is 1.39. The van der Waals surface area contributed by atoms with Gasteiger partial charge in [-0.3, -0.25) is 14.6 Å². The molecule has 2 aromatic heterocycles. The van der Waals surface area contributed by atoms with Crippen LogP contribution in [0.25, 0.3) is 0 Å². The van der Waals surface area contributed by atoms with Crippen LogP contribution in [0.5, 0.6) is 0 Å². The number of amides is 2. The molecule has 2 fully saturated rings. The second-order valence-electron chi connectivity index (χ2n) is 8.68. The molecule has 32 heavy (non-hydrogen) atoms. The minimum Gasteiger partial charge on any atom is -0.390 e. The van der Waals surface area contributed by atoms with Crippen LogP contribution in [-0.2, 0) is 11.3 Å². The summed E-state index contributed by atoms with van der Waals surface area (Å²) >= 11 is 7.37. The zero-order valence-electron chi connectivity index (χ0n) is 18.1. The Bertz CT molecular complexity index is 972.